The first kappa shape index (κ1) is 9.82. The summed E-state index contributed by atoms with van der Waals surface area (Å²) in [5.41, 5.74) is 0.624. The third kappa shape index (κ3) is 3.30. The Morgan fingerprint density at radius 3 is 2.38 bits per heavy atom. The zero-order valence-electron chi connectivity index (χ0n) is 6.76. The van der Waals surface area contributed by atoms with E-state index in [2.05, 4.69) is 4.18 Å². The molecule has 0 fully saturated rings. The Hall–Kier alpha value is -1.27. The first-order valence-corrected chi connectivity index (χ1v) is 4.71. The van der Waals surface area contributed by atoms with E-state index in [4.69, 9.17) is 9.66 Å². The van der Waals surface area contributed by atoms with Crippen molar-refractivity contribution in [1.82, 2.24) is 0 Å². The number of phenols is 1. The summed E-state index contributed by atoms with van der Waals surface area (Å²) >= 11 is 0. The van der Waals surface area contributed by atoms with Crippen molar-refractivity contribution < 1.29 is 22.3 Å². The summed E-state index contributed by atoms with van der Waals surface area (Å²) in [5.74, 6) is -0.251. The summed E-state index contributed by atoms with van der Waals surface area (Å²) in [4.78, 5) is 0. The van der Waals surface area contributed by atoms with E-state index in [1.54, 1.807) is 6.92 Å². The molecule has 0 aromatic heterocycles. The predicted octanol–water partition coefficient (Wildman–Crippen LogP) is 0.882. The highest BCUT2D eigenvalue weighted by Crippen LogP contribution is 2.21. The third-order valence-corrected chi connectivity index (χ3v) is 1.64. The number of rotatable bonds is 2. The van der Waals surface area contributed by atoms with Gasteiger partial charge >= 0.3 is 10.4 Å². The summed E-state index contributed by atoms with van der Waals surface area (Å²) in [6.45, 7) is 1.65. The minimum absolute atomic E-state index is 0.125. The van der Waals surface area contributed by atoms with Crippen molar-refractivity contribution in [3.05, 3.63) is 23.8 Å². The van der Waals surface area contributed by atoms with Crippen molar-refractivity contribution in [2.24, 2.45) is 0 Å². The summed E-state index contributed by atoms with van der Waals surface area (Å²) in [6, 6.07) is 3.88. The standard InChI is InChI=1S/C7H8O5S/c1-5-2-6(8)4-7(3-5)12-13(9,10)11/h2-4,8H,1H3,(H,9,10,11). The lowest BCUT2D eigenvalue weighted by Gasteiger charge is -2.02. The molecule has 5 nitrogen and oxygen atoms in total. The maximum Gasteiger partial charge on any atom is 0.446 e. The monoisotopic (exact) mass is 204 g/mol. The average molecular weight is 204 g/mol. The molecule has 0 amide bonds. The van der Waals surface area contributed by atoms with Gasteiger partial charge in [-0.2, -0.15) is 8.42 Å². The minimum atomic E-state index is -4.52. The van der Waals surface area contributed by atoms with Crippen LogP contribution in [0.5, 0.6) is 11.5 Å². The van der Waals surface area contributed by atoms with Crippen molar-refractivity contribution in [3.63, 3.8) is 0 Å². The summed E-state index contributed by atoms with van der Waals surface area (Å²) < 4.78 is 33.0. The molecule has 72 valence electrons. The van der Waals surface area contributed by atoms with Crippen molar-refractivity contribution in [1.29, 1.82) is 0 Å². The van der Waals surface area contributed by atoms with Crippen LogP contribution in [0, 0.1) is 6.92 Å². The van der Waals surface area contributed by atoms with Crippen LogP contribution in [-0.2, 0) is 10.4 Å². The van der Waals surface area contributed by atoms with Crippen LogP contribution in [0.25, 0.3) is 0 Å². The first-order chi connectivity index (χ1) is 5.87. The zero-order chi connectivity index (χ0) is 10.1. The second-order valence-corrected chi connectivity index (χ2v) is 3.54. The van der Waals surface area contributed by atoms with Crippen LogP contribution in [0.15, 0.2) is 18.2 Å². The molecule has 0 aliphatic carbocycles. The van der Waals surface area contributed by atoms with Gasteiger partial charge in [-0.25, -0.2) is 0 Å². The molecule has 0 unspecified atom stereocenters. The van der Waals surface area contributed by atoms with Crippen LogP contribution in [0.3, 0.4) is 0 Å². The van der Waals surface area contributed by atoms with Crippen molar-refractivity contribution in [2.45, 2.75) is 6.92 Å². The van der Waals surface area contributed by atoms with E-state index in [0.717, 1.165) is 6.07 Å². The Morgan fingerprint density at radius 2 is 1.92 bits per heavy atom. The van der Waals surface area contributed by atoms with Crippen LogP contribution in [0.4, 0.5) is 0 Å². The highest BCUT2D eigenvalue weighted by molar-refractivity contribution is 7.81. The molecule has 2 N–H and O–H groups in total. The van der Waals surface area contributed by atoms with E-state index < -0.39 is 10.4 Å². The van der Waals surface area contributed by atoms with Gasteiger partial charge in [0.2, 0.25) is 0 Å². The smallest absolute Gasteiger partial charge is 0.446 e. The molecule has 0 aliphatic rings. The normalized spacial score (nSPS) is 11.2. The van der Waals surface area contributed by atoms with Crippen LogP contribution in [0.1, 0.15) is 5.56 Å². The van der Waals surface area contributed by atoms with Crippen LogP contribution < -0.4 is 4.18 Å². The Labute approximate surface area is 75.5 Å². The molecule has 0 aliphatic heterocycles. The molecule has 1 aromatic rings. The van der Waals surface area contributed by atoms with Crippen LogP contribution in [-0.4, -0.2) is 18.1 Å². The maximum atomic E-state index is 10.3. The molecule has 0 spiro atoms. The van der Waals surface area contributed by atoms with Gasteiger partial charge in [-0.15, -0.1) is 0 Å². The molecule has 0 bridgehead atoms. The topological polar surface area (TPSA) is 83.8 Å². The Kier molecular flexibility index (Phi) is 2.44. The second-order valence-electron chi connectivity index (χ2n) is 2.52. The zero-order valence-corrected chi connectivity index (χ0v) is 7.58. The van der Waals surface area contributed by atoms with E-state index >= 15 is 0 Å². The van der Waals surface area contributed by atoms with Gasteiger partial charge in [-0.05, 0) is 24.6 Å². The summed E-state index contributed by atoms with van der Waals surface area (Å²) in [5, 5.41) is 9.03. The van der Waals surface area contributed by atoms with Gasteiger partial charge in [0.05, 0.1) is 0 Å². The molecule has 0 heterocycles. The number of hydrogen-bond donors (Lipinski definition) is 2. The molecule has 0 radical (unpaired) electrons. The van der Waals surface area contributed by atoms with Gasteiger partial charge in [0, 0.05) is 6.07 Å². The largest absolute Gasteiger partial charge is 0.508 e. The SMILES string of the molecule is Cc1cc(O)cc(OS(=O)(=O)O)c1. The molecule has 1 rings (SSSR count). The fraction of sp³-hybridized carbons (Fsp3) is 0.143. The number of aryl methyl sites for hydroxylation is 1. The Balaban J connectivity index is 3.03. The quantitative estimate of drug-likeness (QED) is 0.698. The van der Waals surface area contributed by atoms with Crippen LogP contribution >= 0.6 is 0 Å². The number of aromatic hydroxyl groups is 1. The van der Waals surface area contributed by atoms with Gasteiger partial charge in [0.25, 0.3) is 0 Å². The third-order valence-electron chi connectivity index (χ3n) is 1.24. The van der Waals surface area contributed by atoms with Gasteiger partial charge < -0.3 is 9.29 Å². The van der Waals surface area contributed by atoms with E-state index in [1.165, 1.54) is 12.1 Å². The minimum Gasteiger partial charge on any atom is -0.508 e. The van der Waals surface area contributed by atoms with E-state index in [1.807, 2.05) is 0 Å². The predicted molar refractivity (Wildman–Crippen MR) is 45.0 cm³/mol. The fourth-order valence-corrected chi connectivity index (χ4v) is 1.24. The molecular weight excluding hydrogens is 196 g/mol. The number of phenolic OH excluding ortho intramolecular Hbond substituents is 1. The molecule has 0 atom stereocenters. The van der Waals surface area contributed by atoms with Gasteiger partial charge in [-0.3, -0.25) is 4.55 Å². The van der Waals surface area contributed by atoms with E-state index in [0.29, 0.717) is 5.56 Å². The maximum absolute atomic E-state index is 10.3. The van der Waals surface area contributed by atoms with Gasteiger partial charge in [-0.1, -0.05) is 0 Å². The molecule has 0 saturated heterocycles. The van der Waals surface area contributed by atoms with Crippen molar-refractivity contribution in [2.75, 3.05) is 0 Å². The lowest BCUT2D eigenvalue weighted by atomic mass is 10.2. The highest BCUT2D eigenvalue weighted by atomic mass is 32.3. The molecule has 1 aromatic carbocycles. The van der Waals surface area contributed by atoms with Crippen LogP contribution in [0.2, 0.25) is 0 Å². The summed E-state index contributed by atoms with van der Waals surface area (Å²) in [6.07, 6.45) is 0. The van der Waals surface area contributed by atoms with Gasteiger partial charge in [0.1, 0.15) is 11.5 Å². The average Bonchev–Trinajstić information content (AvgIpc) is 1.78. The number of hydrogen-bond acceptors (Lipinski definition) is 4. The summed E-state index contributed by atoms with van der Waals surface area (Å²) in [7, 11) is -4.52. The first-order valence-electron chi connectivity index (χ1n) is 3.34. The fourth-order valence-electron chi connectivity index (χ4n) is 0.898. The molecular formula is C7H8O5S. The second kappa shape index (κ2) is 3.23. The Bertz CT molecular complexity index is 389. The lowest BCUT2D eigenvalue weighted by molar-refractivity contribution is 0.385. The van der Waals surface area contributed by atoms with Crippen molar-refractivity contribution in [3.8, 4) is 11.5 Å². The molecule has 6 heteroatoms. The number of benzene rings is 1. The van der Waals surface area contributed by atoms with Gasteiger partial charge in [0.15, 0.2) is 0 Å². The van der Waals surface area contributed by atoms with E-state index in [-0.39, 0.29) is 11.5 Å². The van der Waals surface area contributed by atoms with Crippen molar-refractivity contribution >= 4 is 10.4 Å². The van der Waals surface area contributed by atoms with E-state index in [9.17, 15) is 8.42 Å². The molecule has 0 saturated carbocycles. The highest BCUT2D eigenvalue weighted by Gasteiger charge is 2.07. The Morgan fingerprint density at radius 1 is 1.31 bits per heavy atom. The lowest BCUT2D eigenvalue weighted by Crippen LogP contribution is -2.06. The molecule has 13 heavy (non-hydrogen) atoms.